The predicted molar refractivity (Wildman–Crippen MR) is 89.0 cm³/mol. The molecule has 5 nitrogen and oxygen atoms in total. The second kappa shape index (κ2) is 7.40. The first-order chi connectivity index (χ1) is 10.5. The van der Waals surface area contributed by atoms with Crippen molar-refractivity contribution in [2.45, 2.75) is 33.6 Å². The summed E-state index contributed by atoms with van der Waals surface area (Å²) in [5, 5.41) is 5.85. The van der Waals surface area contributed by atoms with Gasteiger partial charge in [0.15, 0.2) is 0 Å². The van der Waals surface area contributed by atoms with E-state index < -0.39 is 0 Å². The number of carbonyl (C=O) groups excluding carboxylic acids is 2. The van der Waals surface area contributed by atoms with E-state index in [0.717, 1.165) is 42.9 Å². The number of hydrogen-bond donors (Lipinski definition) is 2. The van der Waals surface area contributed by atoms with Crippen LogP contribution in [0.3, 0.4) is 0 Å². The largest absolute Gasteiger partial charge is 0.326 e. The Hall–Kier alpha value is -1.88. The highest BCUT2D eigenvalue weighted by Crippen LogP contribution is 2.30. The topological polar surface area (TPSA) is 61.4 Å². The average Bonchev–Trinajstić information content (AvgIpc) is 3.32. The molecular formula is C17H25N3O2. The highest BCUT2D eigenvalue weighted by Gasteiger charge is 2.29. The molecule has 0 bridgehead atoms. The third-order valence-corrected chi connectivity index (χ3v) is 3.98. The molecule has 1 aromatic carbocycles. The zero-order valence-corrected chi connectivity index (χ0v) is 13.6. The number of nitrogens with one attached hydrogen (secondary N) is 2. The SMILES string of the molecule is CCN(CC)CC(=O)Nc1ccc(NC(=O)C2CC2)cc1C. The van der Waals surface area contributed by atoms with E-state index in [-0.39, 0.29) is 17.7 Å². The van der Waals surface area contributed by atoms with Gasteiger partial charge in [-0.3, -0.25) is 14.5 Å². The number of hydrogen-bond acceptors (Lipinski definition) is 3. The number of aryl methyl sites for hydroxylation is 1. The summed E-state index contributed by atoms with van der Waals surface area (Å²) in [7, 11) is 0. The maximum absolute atomic E-state index is 12.0. The Balaban J connectivity index is 1.94. The Labute approximate surface area is 132 Å². The molecule has 5 heteroatoms. The summed E-state index contributed by atoms with van der Waals surface area (Å²) in [6.45, 7) is 8.12. The molecule has 0 atom stereocenters. The third kappa shape index (κ3) is 4.56. The minimum Gasteiger partial charge on any atom is -0.326 e. The van der Waals surface area contributed by atoms with Crippen molar-refractivity contribution in [3.63, 3.8) is 0 Å². The van der Waals surface area contributed by atoms with E-state index in [1.165, 1.54) is 0 Å². The molecule has 0 aliphatic heterocycles. The summed E-state index contributed by atoms with van der Waals surface area (Å²) in [6.07, 6.45) is 1.98. The van der Waals surface area contributed by atoms with Gasteiger partial charge in [0.2, 0.25) is 11.8 Å². The van der Waals surface area contributed by atoms with Crippen molar-refractivity contribution in [3.8, 4) is 0 Å². The van der Waals surface area contributed by atoms with Crippen LogP contribution in [-0.4, -0.2) is 36.3 Å². The molecule has 0 saturated heterocycles. The van der Waals surface area contributed by atoms with E-state index in [1.54, 1.807) is 0 Å². The minimum atomic E-state index is -0.0124. The van der Waals surface area contributed by atoms with Gasteiger partial charge in [-0.05, 0) is 56.6 Å². The number of likely N-dealkylation sites (N-methyl/N-ethyl adjacent to an activating group) is 1. The quantitative estimate of drug-likeness (QED) is 0.814. The van der Waals surface area contributed by atoms with Gasteiger partial charge in [-0.25, -0.2) is 0 Å². The zero-order valence-electron chi connectivity index (χ0n) is 13.6. The van der Waals surface area contributed by atoms with Gasteiger partial charge in [0.05, 0.1) is 6.54 Å². The number of rotatable bonds is 7. The molecular weight excluding hydrogens is 278 g/mol. The van der Waals surface area contributed by atoms with Crippen LogP contribution in [-0.2, 0) is 9.59 Å². The lowest BCUT2D eigenvalue weighted by Crippen LogP contribution is -2.33. The van der Waals surface area contributed by atoms with Crippen molar-refractivity contribution in [1.29, 1.82) is 0 Å². The zero-order chi connectivity index (χ0) is 16.1. The number of amides is 2. The summed E-state index contributed by atoms with van der Waals surface area (Å²) in [5.74, 6) is 0.271. The smallest absolute Gasteiger partial charge is 0.238 e. The second-order valence-corrected chi connectivity index (χ2v) is 5.80. The van der Waals surface area contributed by atoms with Gasteiger partial charge in [-0.15, -0.1) is 0 Å². The molecule has 0 heterocycles. The Morgan fingerprint density at radius 2 is 1.86 bits per heavy atom. The lowest BCUT2D eigenvalue weighted by molar-refractivity contribution is -0.118. The molecule has 1 fully saturated rings. The van der Waals surface area contributed by atoms with Crippen LogP contribution in [0.1, 0.15) is 32.3 Å². The third-order valence-electron chi connectivity index (χ3n) is 3.98. The Morgan fingerprint density at radius 1 is 1.18 bits per heavy atom. The Kier molecular flexibility index (Phi) is 5.55. The molecule has 2 N–H and O–H groups in total. The second-order valence-electron chi connectivity index (χ2n) is 5.80. The number of carbonyl (C=O) groups is 2. The fraction of sp³-hybridized carbons (Fsp3) is 0.529. The molecule has 0 radical (unpaired) electrons. The summed E-state index contributed by atoms with van der Waals surface area (Å²) < 4.78 is 0. The summed E-state index contributed by atoms with van der Waals surface area (Å²) in [4.78, 5) is 25.8. The molecule has 2 amide bonds. The van der Waals surface area contributed by atoms with Crippen LogP contribution < -0.4 is 10.6 Å². The van der Waals surface area contributed by atoms with Crippen LogP contribution in [0.4, 0.5) is 11.4 Å². The van der Waals surface area contributed by atoms with Crippen LogP contribution in [0.2, 0.25) is 0 Å². The monoisotopic (exact) mass is 303 g/mol. The first-order valence-corrected chi connectivity index (χ1v) is 7.97. The fourth-order valence-electron chi connectivity index (χ4n) is 2.31. The Morgan fingerprint density at radius 3 is 2.41 bits per heavy atom. The van der Waals surface area contributed by atoms with Crippen molar-refractivity contribution < 1.29 is 9.59 Å². The van der Waals surface area contributed by atoms with Gasteiger partial charge < -0.3 is 10.6 Å². The van der Waals surface area contributed by atoms with Gasteiger partial charge in [0.25, 0.3) is 0 Å². The molecule has 0 unspecified atom stereocenters. The van der Waals surface area contributed by atoms with Crippen LogP contribution >= 0.6 is 0 Å². The van der Waals surface area contributed by atoms with Crippen molar-refractivity contribution in [2.24, 2.45) is 5.92 Å². The van der Waals surface area contributed by atoms with Gasteiger partial charge in [0, 0.05) is 17.3 Å². The van der Waals surface area contributed by atoms with Crippen molar-refractivity contribution in [1.82, 2.24) is 4.90 Å². The van der Waals surface area contributed by atoms with Gasteiger partial charge in [0.1, 0.15) is 0 Å². The first-order valence-electron chi connectivity index (χ1n) is 7.97. The molecule has 0 aromatic heterocycles. The van der Waals surface area contributed by atoms with Crippen molar-refractivity contribution in [3.05, 3.63) is 23.8 Å². The number of nitrogens with zero attached hydrogens (tertiary/aromatic N) is 1. The molecule has 1 aliphatic rings. The normalized spacial score (nSPS) is 14.0. The highest BCUT2D eigenvalue weighted by atomic mass is 16.2. The number of benzene rings is 1. The molecule has 22 heavy (non-hydrogen) atoms. The summed E-state index contributed by atoms with van der Waals surface area (Å²) >= 11 is 0. The summed E-state index contributed by atoms with van der Waals surface area (Å²) in [5.41, 5.74) is 2.53. The van der Waals surface area contributed by atoms with Gasteiger partial charge >= 0.3 is 0 Å². The predicted octanol–water partition coefficient (Wildman–Crippen LogP) is 2.62. The average molecular weight is 303 g/mol. The lowest BCUT2D eigenvalue weighted by atomic mass is 10.1. The van der Waals surface area contributed by atoms with Gasteiger partial charge in [-0.2, -0.15) is 0 Å². The Bertz CT molecular complexity index is 549. The molecule has 1 saturated carbocycles. The van der Waals surface area contributed by atoms with Crippen molar-refractivity contribution in [2.75, 3.05) is 30.3 Å². The van der Waals surface area contributed by atoms with E-state index in [4.69, 9.17) is 0 Å². The number of anilines is 2. The van der Waals surface area contributed by atoms with E-state index in [1.807, 2.05) is 39.0 Å². The first kappa shape index (κ1) is 16.5. The molecule has 2 rings (SSSR count). The summed E-state index contributed by atoms with van der Waals surface area (Å²) in [6, 6.07) is 5.57. The van der Waals surface area contributed by atoms with E-state index in [9.17, 15) is 9.59 Å². The van der Waals surface area contributed by atoms with E-state index in [0.29, 0.717) is 6.54 Å². The van der Waals surface area contributed by atoms with E-state index >= 15 is 0 Å². The molecule has 0 spiro atoms. The van der Waals surface area contributed by atoms with Crippen LogP contribution in [0.25, 0.3) is 0 Å². The molecule has 1 aromatic rings. The fourth-order valence-corrected chi connectivity index (χ4v) is 2.31. The lowest BCUT2D eigenvalue weighted by Gasteiger charge is -2.18. The maximum atomic E-state index is 12.0. The van der Waals surface area contributed by atoms with E-state index in [2.05, 4.69) is 15.5 Å². The minimum absolute atomic E-state index is 0.0124. The van der Waals surface area contributed by atoms with Gasteiger partial charge in [-0.1, -0.05) is 13.8 Å². The van der Waals surface area contributed by atoms with Crippen LogP contribution in [0.5, 0.6) is 0 Å². The van der Waals surface area contributed by atoms with Crippen LogP contribution in [0.15, 0.2) is 18.2 Å². The standard InChI is InChI=1S/C17H25N3O2/c1-4-20(5-2)11-16(21)19-15-9-8-14(10-12(15)3)18-17(22)13-6-7-13/h8-10,13H,4-7,11H2,1-3H3,(H,18,22)(H,19,21). The van der Waals surface area contributed by atoms with Crippen molar-refractivity contribution >= 4 is 23.2 Å². The highest BCUT2D eigenvalue weighted by molar-refractivity contribution is 5.96. The molecule has 120 valence electrons. The maximum Gasteiger partial charge on any atom is 0.238 e. The van der Waals surface area contributed by atoms with Crippen LogP contribution in [0, 0.1) is 12.8 Å². The molecule has 1 aliphatic carbocycles.